The summed E-state index contributed by atoms with van der Waals surface area (Å²) < 4.78 is 5.87. The number of benzene rings is 1. The van der Waals surface area contributed by atoms with Gasteiger partial charge in [0.1, 0.15) is 5.75 Å². The van der Waals surface area contributed by atoms with Gasteiger partial charge in [0.05, 0.1) is 11.6 Å². The van der Waals surface area contributed by atoms with Crippen LogP contribution in [0.3, 0.4) is 0 Å². The molecule has 0 fully saturated rings. The fraction of sp³-hybridized carbons (Fsp3) is 0.562. The molecule has 0 aliphatic carbocycles. The molecule has 2 N–H and O–H groups in total. The lowest BCUT2D eigenvalue weighted by molar-refractivity contribution is 0.329. The van der Waals surface area contributed by atoms with E-state index in [0.29, 0.717) is 23.4 Å². The number of rotatable bonds is 7. The van der Waals surface area contributed by atoms with Crippen LogP contribution >= 0.6 is 23.8 Å². The maximum Gasteiger partial charge on any atom is 0.126 e. The smallest absolute Gasteiger partial charge is 0.126 e. The zero-order valence-electron chi connectivity index (χ0n) is 12.7. The largest absolute Gasteiger partial charge is 0.493 e. The highest BCUT2D eigenvalue weighted by molar-refractivity contribution is 7.80. The van der Waals surface area contributed by atoms with Crippen LogP contribution in [0.15, 0.2) is 12.1 Å². The lowest BCUT2D eigenvalue weighted by Gasteiger charge is -2.20. The predicted molar refractivity (Wildman–Crippen MR) is 91.0 cm³/mol. The third-order valence-electron chi connectivity index (χ3n) is 3.19. The van der Waals surface area contributed by atoms with Crippen LogP contribution in [0.5, 0.6) is 5.75 Å². The molecule has 112 valence electrons. The third-order valence-corrected chi connectivity index (χ3v) is 3.57. The van der Waals surface area contributed by atoms with Gasteiger partial charge in [-0.15, -0.1) is 0 Å². The summed E-state index contributed by atoms with van der Waals surface area (Å²) in [5.74, 6) is 1.73. The van der Waals surface area contributed by atoms with Crippen LogP contribution in [-0.4, -0.2) is 11.6 Å². The number of hydrogen-bond acceptors (Lipinski definition) is 2. The van der Waals surface area contributed by atoms with E-state index < -0.39 is 0 Å². The summed E-state index contributed by atoms with van der Waals surface area (Å²) in [5.41, 5.74) is 7.93. The summed E-state index contributed by atoms with van der Waals surface area (Å²) in [5, 5.41) is 0.759. The molecule has 0 bridgehead atoms. The van der Waals surface area contributed by atoms with Crippen LogP contribution in [-0.2, 0) is 6.42 Å². The van der Waals surface area contributed by atoms with Crippen LogP contribution in [0.4, 0.5) is 0 Å². The lowest BCUT2D eigenvalue weighted by Crippen LogP contribution is -2.14. The van der Waals surface area contributed by atoms with Gasteiger partial charge in [0.25, 0.3) is 0 Å². The van der Waals surface area contributed by atoms with E-state index in [2.05, 4.69) is 20.8 Å². The van der Waals surface area contributed by atoms with Gasteiger partial charge < -0.3 is 10.5 Å². The third kappa shape index (κ3) is 4.95. The average Bonchev–Trinajstić information content (AvgIpc) is 2.30. The lowest BCUT2D eigenvalue weighted by atomic mass is 9.92. The highest BCUT2D eigenvalue weighted by Crippen LogP contribution is 2.35. The summed E-state index contributed by atoms with van der Waals surface area (Å²) in [4.78, 5) is 0.557. The van der Waals surface area contributed by atoms with Crippen LogP contribution in [0.1, 0.15) is 51.2 Å². The molecule has 1 aromatic rings. The number of hydrogen-bond donors (Lipinski definition) is 1. The SMILES string of the molecule is CCOc1c(CC(C)CC(N)=S)cc(Cl)cc1C(C)C. The summed E-state index contributed by atoms with van der Waals surface area (Å²) in [6, 6.07) is 3.99. The normalized spacial score (nSPS) is 12.5. The second-order valence-electron chi connectivity index (χ2n) is 5.55. The molecule has 0 amide bonds. The highest BCUT2D eigenvalue weighted by Gasteiger charge is 2.16. The van der Waals surface area contributed by atoms with E-state index in [0.717, 1.165) is 34.7 Å². The second kappa shape index (κ2) is 7.84. The molecule has 20 heavy (non-hydrogen) atoms. The molecule has 0 aliphatic heterocycles. The number of thiocarbonyl (C=S) groups is 1. The molecular formula is C16H24ClNOS. The van der Waals surface area contributed by atoms with Crippen molar-refractivity contribution in [3.05, 3.63) is 28.3 Å². The topological polar surface area (TPSA) is 35.2 Å². The molecule has 1 atom stereocenters. The first-order chi connectivity index (χ1) is 9.35. The predicted octanol–water partition coefficient (Wildman–Crippen LogP) is 4.72. The molecule has 0 aromatic heterocycles. The van der Waals surface area contributed by atoms with Crippen molar-refractivity contribution in [3.63, 3.8) is 0 Å². The fourth-order valence-electron chi connectivity index (χ4n) is 2.37. The average molecular weight is 314 g/mol. The Kier molecular flexibility index (Phi) is 6.77. The van der Waals surface area contributed by atoms with E-state index in [-0.39, 0.29) is 0 Å². The Bertz CT molecular complexity index is 474. The Morgan fingerprint density at radius 2 is 2.00 bits per heavy atom. The monoisotopic (exact) mass is 313 g/mol. The molecule has 0 saturated heterocycles. The molecule has 4 heteroatoms. The first kappa shape index (κ1) is 17.3. The van der Waals surface area contributed by atoms with E-state index in [1.807, 2.05) is 19.1 Å². The maximum absolute atomic E-state index is 6.25. The molecular weight excluding hydrogens is 290 g/mol. The molecule has 1 rings (SSSR count). The van der Waals surface area contributed by atoms with E-state index in [9.17, 15) is 0 Å². The molecule has 0 aliphatic rings. The van der Waals surface area contributed by atoms with Gasteiger partial charge in [-0.3, -0.25) is 0 Å². The van der Waals surface area contributed by atoms with Crippen molar-refractivity contribution in [1.29, 1.82) is 0 Å². The molecule has 1 aromatic carbocycles. The van der Waals surface area contributed by atoms with Crippen molar-refractivity contribution >= 4 is 28.8 Å². The van der Waals surface area contributed by atoms with Crippen LogP contribution in [0.2, 0.25) is 5.02 Å². The maximum atomic E-state index is 6.25. The second-order valence-corrected chi connectivity index (χ2v) is 6.51. The van der Waals surface area contributed by atoms with Gasteiger partial charge >= 0.3 is 0 Å². The minimum Gasteiger partial charge on any atom is -0.493 e. The van der Waals surface area contributed by atoms with E-state index >= 15 is 0 Å². The standard InChI is InChI=1S/C16H24ClNOS/c1-5-19-16-12(6-11(4)7-15(18)20)8-13(17)9-14(16)10(2)3/h8-11H,5-7H2,1-4H3,(H2,18,20). The Hall–Kier alpha value is -0.800. The van der Waals surface area contributed by atoms with E-state index in [4.69, 9.17) is 34.3 Å². The Labute approximate surface area is 132 Å². The minimum atomic E-state index is 0.375. The number of halogens is 1. The fourth-order valence-corrected chi connectivity index (χ4v) is 2.90. The van der Waals surface area contributed by atoms with Crippen LogP contribution < -0.4 is 10.5 Å². The Morgan fingerprint density at radius 3 is 2.50 bits per heavy atom. The van der Waals surface area contributed by atoms with Crippen molar-refractivity contribution in [1.82, 2.24) is 0 Å². The summed E-state index contributed by atoms with van der Waals surface area (Å²) >= 11 is 11.2. The first-order valence-electron chi connectivity index (χ1n) is 7.08. The summed E-state index contributed by atoms with van der Waals surface area (Å²) in [6.45, 7) is 9.09. The number of nitrogens with two attached hydrogens (primary N) is 1. The van der Waals surface area contributed by atoms with Gasteiger partial charge in [-0.25, -0.2) is 0 Å². The molecule has 0 radical (unpaired) electrons. The molecule has 2 nitrogen and oxygen atoms in total. The highest BCUT2D eigenvalue weighted by atomic mass is 35.5. The van der Waals surface area contributed by atoms with Gasteiger partial charge in [-0.1, -0.05) is 44.6 Å². The van der Waals surface area contributed by atoms with Gasteiger partial charge in [-0.05, 0) is 48.4 Å². The van der Waals surface area contributed by atoms with Crippen molar-refractivity contribution in [2.45, 2.75) is 46.5 Å². The van der Waals surface area contributed by atoms with Gasteiger partial charge in [-0.2, -0.15) is 0 Å². The zero-order valence-corrected chi connectivity index (χ0v) is 14.3. The van der Waals surface area contributed by atoms with Crippen molar-refractivity contribution in [2.24, 2.45) is 11.7 Å². The van der Waals surface area contributed by atoms with Crippen molar-refractivity contribution < 1.29 is 4.74 Å². The van der Waals surface area contributed by atoms with Gasteiger partial charge in [0.15, 0.2) is 0 Å². The summed E-state index contributed by atoms with van der Waals surface area (Å²) in [6.07, 6.45) is 1.61. The number of ether oxygens (including phenoxy) is 1. The summed E-state index contributed by atoms with van der Waals surface area (Å²) in [7, 11) is 0. The van der Waals surface area contributed by atoms with Crippen LogP contribution in [0, 0.1) is 5.92 Å². The molecule has 0 heterocycles. The molecule has 0 saturated carbocycles. The van der Waals surface area contributed by atoms with Crippen LogP contribution in [0.25, 0.3) is 0 Å². The van der Waals surface area contributed by atoms with Crippen molar-refractivity contribution in [2.75, 3.05) is 6.61 Å². The zero-order chi connectivity index (χ0) is 15.3. The Morgan fingerprint density at radius 1 is 1.35 bits per heavy atom. The molecule has 0 spiro atoms. The minimum absolute atomic E-state index is 0.375. The molecule has 1 unspecified atom stereocenters. The quantitative estimate of drug-likeness (QED) is 0.740. The van der Waals surface area contributed by atoms with Crippen molar-refractivity contribution in [3.8, 4) is 5.75 Å². The first-order valence-corrected chi connectivity index (χ1v) is 7.87. The van der Waals surface area contributed by atoms with E-state index in [1.165, 1.54) is 0 Å². The van der Waals surface area contributed by atoms with Gasteiger partial charge in [0.2, 0.25) is 0 Å². The van der Waals surface area contributed by atoms with E-state index in [1.54, 1.807) is 0 Å². The Balaban J connectivity index is 3.12. The van der Waals surface area contributed by atoms with Gasteiger partial charge in [0, 0.05) is 11.4 Å².